The van der Waals surface area contributed by atoms with Crippen LogP contribution in [0.2, 0.25) is 0 Å². The molecule has 0 aliphatic heterocycles. The minimum absolute atomic E-state index is 0.334. The number of rotatable bonds is 2. The Bertz CT molecular complexity index is 477. The van der Waals surface area contributed by atoms with Gasteiger partial charge in [0.1, 0.15) is 0 Å². The first kappa shape index (κ1) is 10.7. The second-order valence-electron chi connectivity index (χ2n) is 4.12. The predicted octanol–water partition coefficient (Wildman–Crippen LogP) is 2.47. The van der Waals surface area contributed by atoms with Gasteiger partial charge in [-0.05, 0) is 6.92 Å². The van der Waals surface area contributed by atoms with Crippen molar-refractivity contribution in [3.8, 4) is 0 Å². The standard InChI is InChI=1S/C14H16N2/c1-11-10-16(9-8-14(11)15)12(2)13-6-4-3-5-7-13/h3-10,12,15H,1-2H3/p+1. The Kier molecular flexibility index (Phi) is 2.91. The van der Waals surface area contributed by atoms with Gasteiger partial charge in [0.25, 0.3) is 0 Å². The summed E-state index contributed by atoms with van der Waals surface area (Å²) in [6.07, 6.45) is 4.12. The summed E-state index contributed by atoms with van der Waals surface area (Å²) in [6, 6.07) is 12.7. The average Bonchev–Trinajstić information content (AvgIpc) is 2.33. The summed E-state index contributed by atoms with van der Waals surface area (Å²) >= 11 is 0. The van der Waals surface area contributed by atoms with Gasteiger partial charge in [-0.3, -0.25) is 0 Å². The minimum atomic E-state index is 0.334. The highest BCUT2D eigenvalue weighted by molar-refractivity contribution is 5.41. The van der Waals surface area contributed by atoms with E-state index in [1.165, 1.54) is 5.56 Å². The summed E-state index contributed by atoms with van der Waals surface area (Å²) in [4.78, 5) is 0. The fourth-order valence-electron chi connectivity index (χ4n) is 1.78. The Morgan fingerprint density at radius 2 is 1.81 bits per heavy atom. The molecule has 0 aliphatic carbocycles. The van der Waals surface area contributed by atoms with Crippen molar-refractivity contribution in [2.24, 2.45) is 0 Å². The van der Waals surface area contributed by atoms with Crippen molar-refractivity contribution in [3.63, 3.8) is 0 Å². The van der Waals surface area contributed by atoms with Crippen LogP contribution >= 0.6 is 0 Å². The maximum absolute atomic E-state index is 5.81. The largest absolute Gasteiger partial charge is 0.398 e. The maximum Gasteiger partial charge on any atom is 0.180 e. The lowest BCUT2D eigenvalue weighted by molar-refractivity contribution is -0.710. The molecule has 1 aromatic heterocycles. The number of aromatic nitrogens is 1. The average molecular weight is 213 g/mol. The van der Waals surface area contributed by atoms with Crippen molar-refractivity contribution in [2.75, 3.05) is 5.73 Å². The van der Waals surface area contributed by atoms with Crippen molar-refractivity contribution in [2.45, 2.75) is 19.9 Å². The summed E-state index contributed by atoms with van der Waals surface area (Å²) in [6.45, 7) is 4.22. The molecule has 16 heavy (non-hydrogen) atoms. The van der Waals surface area contributed by atoms with E-state index in [2.05, 4.69) is 42.0 Å². The fourth-order valence-corrected chi connectivity index (χ4v) is 1.78. The van der Waals surface area contributed by atoms with E-state index in [0.717, 1.165) is 11.3 Å². The molecule has 82 valence electrons. The van der Waals surface area contributed by atoms with E-state index in [-0.39, 0.29) is 0 Å². The molecule has 0 spiro atoms. The third-order valence-electron chi connectivity index (χ3n) is 2.95. The highest BCUT2D eigenvalue weighted by atomic mass is 15.0. The molecule has 0 fully saturated rings. The third-order valence-corrected chi connectivity index (χ3v) is 2.95. The Labute approximate surface area is 96.4 Å². The first-order valence-electron chi connectivity index (χ1n) is 5.50. The number of hydrogen-bond acceptors (Lipinski definition) is 1. The maximum atomic E-state index is 5.81. The molecule has 2 rings (SSSR count). The Morgan fingerprint density at radius 1 is 1.12 bits per heavy atom. The van der Waals surface area contributed by atoms with E-state index >= 15 is 0 Å². The highest BCUT2D eigenvalue weighted by Gasteiger charge is 2.14. The lowest BCUT2D eigenvalue weighted by Gasteiger charge is -2.08. The summed E-state index contributed by atoms with van der Waals surface area (Å²) in [5, 5.41) is 0. The van der Waals surface area contributed by atoms with Crippen LogP contribution in [0.25, 0.3) is 0 Å². The molecule has 1 atom stereocenters. The van der Waals surface area contributed by atoms with Gasteiger partial charge in [0.2, 0.25) is 0 Å². The summed E-state index contributed by atoms with van der Waals surface area (Å²) in [7, 11) is 0. The number of aryl methyl sites for hydroxylation is 1. The van der Waals surface area contributed by atoms with Gasteiger partial charge in [-0.15, -0.1) is 0 Å². The van der Waals surface area contributed by atoms with Gasteiger partial charge in [-0.25, -0.2) is 0 Å². The Morgan fingerprint density at radius 3 is 2.44 bits per heavy atom. The van der Waals surface area contributed by atoms with Crippen molar-refractivity contribution in [3.05, 3.63) is 59.9 Å². The van der Waals surface area contributed by atoms with Crippen LogP contribution in [0.1, 0.15) is 24.1 Å². The van der Waals surface area contributed by atoms with E-state index in [4.69, 9.17) is 5.73 Å². The van der Waals surface area contributed by atoms with Crippen LogP contribution < -0.4 is 10.3 Å². The van der Waals surface area contributed by atoms with Crippen LogP contribution in [-0.4, -0.2) is 0 Å². The lowest BCUT2D eigenvalue weighted by atomic mass is 10.1. The van der Waals surface area contributed by atoms with Gasteiger partial charge in [0.15, 0.2) is 18.4 Å². The van der Waals surface area contributed by atoms with Gasteiger partial charge in [-0.1, -0.05) is 30.3 Å². The van der Waals surface area contributed by atoms with E-state index in [1.807, 2.05) is 25.3 Å². The molecule has 0 radical (unpaired) electrons. The van der Waals surface area contributed by atoms with E-state index in [9.17, 15) is 0 Å². The van der Waals surface area contributed by atoms with Gasteiger partial charge >= 0.3 is 0 Å². The van der Waals surface area contributed by atoms with Crippen LogP contribution in [0.15, 0.2) is 48.8 Å². The lowest BCUT2D eigenvalue weighted by Crippen LogP contribution is -2.38. The number of nitrogens with zero attached hydrogens (tertiary/aromatic N) is 1. The molecule has 0 amide bonds. The number of pyridine rings is 1. The van der Waals surface area contributed by atoms with Gasteiger partial charge in [0, 0.05) is 29.8 Å². The zero-order chi connectivity index (χ0) is 11.5. The molecule has 0 aliphatic rings. The highest BCUT2D eigenvalue weighted by Crippen LogP contribution is 2.13. The molecule has 1 unspecified atom stereocenters. The predicted molar refractivity (Wildman–Crippen MR) is 66.0 cm³/mol. The van der Waals surface area contributed by atoms with Crippen LogP contribution in [0.3, 0.4) is 0 Å². The summed E-state index contributed by atoms with van der Waals surface area (Å²) in [5.74, 6) is 0. The van der Waals surface area contributed by atoms with Gasteiger partial charge < -0.3 is 5.73 Å². The van der Waals surface area contributed by atoms with Crippen molar-refractivity contribution >= 4 is 5.69 Å². The first-order chi connectivity index (χ1) is 7.68. The number of nitrogens with two attached hydrogens (primary N) is 1. The normalized spacial score (nSPS) is 12.4. The SMILES string of the molecule is Cc1c[n+](C(C)c2ccccc2)ccc1N. The number of anilines is 1. The molecule has 1 heterocycles. The molecule has 0 saturated carbocycles. The van der Waals surface area contributed by atoms with Crippen molar-refractivity contribution in [1.29, 1.82) is 0 Å². The molecule has 2 heteroatoms. The van der Waals surface area contributed by atoms with E-state index in [0.29, 0.717) is 6.04 Å². The topological polar surface area (TPSA) is 29.9 Å². The minimum Gasteiger partial charge on any atom is -0.398 e. The third kappa shape index (κ3) is 2.06. The molecular weight excluding hydrogens is 196 g/mol. The second-order valence-corrected chi connectivity index (χ2v) is 4.12. The van der Waals surface area contributed by atoms with Crippen LogP contribution in [0, 0.1) is 6.92 Å². The molecular formula is C14H17N2+. The zero-order valence-corrected chi connectivity index (χ0v) is 9.72. The van der Waals surface area contributed by atoms with Crippen molar-refractivity contribution < 1.29 is 4.57 Å². The first-order valence-corrected chi connectivity index (χ1v) is 5.50. The quantitative estimate of drug-likeness (QED) is 0.763. The molecule has 2 N–H and O–H groups in total. The Hall–Kier alpha value is -1.83. The monoisotopic (exact) mass is 213 g/mol. The molecule has 2 aromatic rings. The van der Waals surface area contributed by atoms with Gasteiger partial charge in [0.05, 0.1) is 0 Å². The second kappa shape index (κ2) is 4.35. The van der Waals surface area contributed by atoms with Crippen molar-refractivity contribution in [1.82, 2.24) is 0 Å². The number of nitrogen functional groups attached to an aromatic ring is 1. The van der Waals surface area contributed by atoms with E-state index in [1.54, 1.807) is 0 Å². The molecule has 1 aromatic carbocycles. The number of benzene rings is 1. The fraction of sp³-hybridized carbons (Fsp3) is 0.214. The summed E-state index contributed by atoms with van der Waals surface area (Å²) < 4.78 is 2.18. The molecule has 2 nitrogen and oxygen atoms in total. The smallest absolute Gasteiger partial charge is 0.180 e. The van der Waals surface area contributed by atoms with Crippen LogP contribution in [0.5, 0.6) is 0 Å². The van der Waals surface area contributed by atoms with E-state index < -0.39 is 0 Å². The van der Waals surface area contributed by atoms with Crippen LogP contribution in [0.4, 0.5) is 5.69 Å². The zero-order valence-electron chi connectivity index (χ0n) is 9.72. The molecule has 0 saturated heterocycles. The number of hydrogen-bond donors (Lipinski definition) is 1. The van der Waals surface area contributed by atoms with Crippen LogP contribution in [-0.2, 0) is 0 Å². The molecule has 0 bridgehead atoms. The summed E-state index contributed by atoms with van der Waals surface area (Å²) in [5.41, 5.74) is 9.08. The Balaban J connectivity index is 2.34. The van der Waals surface area contributed by atoms with Gasteiger partial charge in [-0.2, -0.15) is 4.57 Å².